The van der Waals surface area contributed by atoms with Crippen LogP contribution in [-0.4, -0.2) is 72.5 Å². The quantitative estimate of drug-likeness (QED) is 0.487. The molecular formula is C32H39N5O4. The molecule has 0 spiro atoms. The van der Waals surface area contributed by atoms with Gasteiger partial charge in [-0.3, -0.25) is 9.69 Å². The maximum absolute atomic E-state index is 13.8. The van der Waals surface area contributed by atoms with Gasteiger partial charge in [0.1, 0.15) is 11.9 Å². The van der Waals surface area contributed by atoms with Crippen LogP contribution in [0.1, 0.15) is 80.6 Å². The average molecular weight is 558 g/mol. The first kappa shape index (κ1) is 27.4. The van der Waals surface area contributed by atoms with Gasteiger partial charge >= 0.3 is 6.09 Å². The lowest BCUT2D eigenvalue weighted by atomic mass is 9.77. The van der Waals surface area contributed by atoms with E-state index < -0.39 is 23.8 Å². The Morgan fingerprint density at radius 2 is 1.88 bits per heavy atom. The van der Waals surface area contributed by atoms with Crippen molar-refractivity contribution in [1.29, 1.82) is 0 Å². The topological polar surface area (TPSA) is 101 Å². The molecule has 216 valence electrons. The fourth-order valence-corrected chi connectivity index (χ4v) is 6.18. The number of ether oxygens (including phenoxy) is 1. The highest BCUT2D eigenvalue weighted by molar-refractivity contribution is 5.98. The minimum absolute atomic E-state index is 0.117. The van der Waals surface area contributed by atoms with E-state index in [1.165, 1.54) is 0 Å². The van der Waals surface area contributed by atoms with Crippen LogP contribution < -0.4 is 0 Å². The van der Waals surface area contributed by atoms with Crippen LogP contribution in [-0.2, 0) is 23.1 Å². The third-order valence-electron chi connectivity index (χ3n) is 8.34. The third-order valence-corrected chi connectivity index (χ3v) is 8.34. The molecule has 2 aliphatic heterocycles. The van der Waals surface area contributed by atoms with Crippen LogP contribution in [0.25, 0.3) is 11.4 Å². The van der Waals surface area contributed by atoms with E-state index in [-0.39, 0.29) is 17.9 Å². The van der Waals surface area contributed by atoms with Crippen LogP contribution in [0.4, 0.5) is 4.79 Å². The van der Waals surface area contributed by atoms with Crippen LogP contribution in [0.5, 0.6) is 0 Å². The minimum atomic E-state index is -0.950. The Labute approximate surface area is 241 Å². The third kappa shape index (κ3) is 5.35. The molecule has 2 atom stereocenters. The van der Waals surface area contributed by atoms with Gasteiger partial charge in [-0.2, -0.15) is 5.10 Å². The number of amides is 2. The van der Waals surface area contributed by atoms with Gasteiger partial charge in [0.05, 0.1) is 18.2 Å². The lowest BCUT2D eigenvalue weighted by molar-refractivity contribution is -0.0193. The van der Waals surface area contributed by atoms with Gasteiger partial charge in [0.2, 0.25) is 0 Å². The van der Waals surface area contributed by atoms with Gasteiger partial charge in [-0.1, -0.05) is 44.2 Å². The molecule has 9 heteroatoms. The number of β-amino-alcohol motifs (C(OH)–C–C–N with tert-alkyl or cyclic N) is 1. The summed E-state index contributed by atoms with van der Waals surface area (Å²) >= 11 is 0. The van der Waals surface area contributed by atoms with E-state index in [1.807, 2.05) is 61.9 Å². The van der Waals surface area contributed by atoms with E-state index in [1.54, 1.807) is 16.1 Å². The first-order chi connectivity index (χ1) is 19.4. The summed E-state index contributed by atoms with van der Waals surface area (Å²) in [4.78, 5) is 34.9. The molecule has 1 fully saturated rings. The van der Waals surface area contributed by atoms with Crippen molar-refractivity contribution >= 4 is 12.0 Å². The molecule has 3 aliphatic rings. The molecule has 0 bridgehead atoms. The summed E-state index contributed by atoms with van der Waals surface area (Å²) in [6.45, 7) is 10.7. The summed E-state index contributed by atoms with van der Waals surface area (Å²) in [5.74, 6) is 0.713. The van der Waals surface area contributed by atoms with Crippen molar-refractivity contribution < 1.29 is 19.4 Å². The van der Waals surface area contributed by atoms with Gasteiger partial charge in [0, 0.05) is 36.2 Å². The normalized spacial score (nSPS) is 20.8. The summed E-state index contributed by atoms with van der Waals surface area (Å²) in [6.07, 6.45) is 2.90. The molecule has 41 heavy (non-hydrogen) atoms. The van der Waals surface area contributed by atoms with Gasteiger partial charge in [-0.15, -0.1) is 0 Å². The largest absolute Gasteiger partial charge is 0.444 e. The van der Waals surface area contributed by atoms with E-state index in [0.29, 0.717) is 31.1 Å². The number of carbonyl (C=O) groups excluding carboxylic acids is 2. The molecule has 2 aromatic carbocycles. The zero-order valence-electron chi connectivity index (χ0n) is 24.5. The number of nitrogens with zero attached hydrogens (tertiary/aromatic N) is 5. The zero-order chi connectivity index (χ0) is 29.1. The molecule has 1 aliphatic carbocycles. The standard InChI is InChI=1S/C32H39N5O4/c1-31(2,3)41-30(40)36-16-22-9-7-6-8-20(22)15-26(36)27(38)17-35-18-32(4,5)25-14-21(10-13-24(25)29(35)39)28-33-19-34-37(28)23-11-12-23/h6-10,13-14,19,23,26-27,38H,11-12,15-18H2,1-5H3/t26-,27+/m0/s1. The zero-order valence-corrected chi connectivity index (χ0v) is 24.5. The van der Waals surface area contributed by atoms with E-state index in [9.17, 15) is 14.7 Å². The maximum atomic E-state index is 13.8. The average Bonchev–Trinajstić information content (AvgIpc) is 3.65. The first-order valence-corrected chi connectivity index (χ1v) is 14.5. The predicted octanol–water partition coefficient (Wildman–Crippen LogP) is 4.74. The van der Waals surface area contributed by atoms with E-state index in [4.69, 9.17) is 4.74 Å². The molecule has 6 rings (SSSR count). The van der Waals surface area contributed by atoms with Gasteiger partial charge in [-0.25, -0.2) is 14.5 Å². The van der Waals surface area contributed by atoms with Gasteiger partial charge < -0.3 is 14.7 Å². The summed E-state index contributed by atoms with van der Waals surface area (Å²) in [6, 6.07) is 13.7. The van der Waals surface area contributed by atoms with Crippen molar-refractivity contribution in [2.45, 2.75) is 89.6 Å². The number of aliphatic hydroxyl groups is 1. The molecule has 3 heterocycles. The van der Waals surface area contributed by atoms with Crippen molar-refractivity contribution in [3.05, 3.63) is 71.0 Å². The van der Waals surface area contributed by atoms with Gasteiger partial charge in [0.25, 0.3) is 5.91 Å². The molecule has 2 amide bonds. The Morgan fingerprint density at radius 1 is 1.15 bits per heavy atom. The highest BCUT2D eigenvalue weighted by Crippen LogP contribution is 2.40. The number of hydrogen-bond acceptors (Lipinski definition) is 6. The minimum Gasteiger partial charge on any atom is -0.444 e. The fraction of sp³-hybridized carbons (Fsp3) is 0.500. The Kier molecular flexibility index (Phi) is 6.68. The Morgan fingerprint density at radius 3 is 2.59 bits per heavy atom. The Hall–Kier alpha value is -3.72. The van der Waals surface area contributed by atoms with Gasteiger partial charge in [0.15, 0.2) is 5.82 Å². The lowest BCUT2D eigenvalue weighted by Gasteiger charge is -2.44. The number of aromatic nitrogens is 3. The number of fused-ring (bicyclic) bond motifs is 2. The second-order valence-electron chi connectivity index (χ2n) is 13.3. The maximum Gasteiger partial charge on any atom is 0.410 e. The van der Waals surface area contributed by atoms with Crippen molar-refractivity contribution in [3.8, 4) is 11.4 Å². The SMILES string of the molecule is CC(C)(C)OC(=O)N1Cc2ccccc2C[C@H]1[C@H](O)CN1CC(C)(C)c2cc(-c3ncnn3C3CC3)ccc2C1=O. The fourth-order valence-electron chi connectivity index (χ4n) is 6.18. The smallest absolute Gasteiger partial charge is 0.410 e. The van der Waals surface area contributed by atoms with Crippen molar-refractivity contribution in [3.63, 3.8) is 0 Å². The van der Waals surface area contributed by atoms with Crippen LogP contribution in [0.3, 0.4) is 0 Å². The van der Waals surface area contributed by atoms with Crippen LogP contribution in [0.15, 0.2) is 48.8 Å². The van der Waals surface area contributed by atoms with E-state index in [0.717, 1.165) is 40.9 Å². The summed E-state index contributed by atoms with van der Waals surface area (Å²) in [5, 5.41) is 16.0. The van der Waals surface area contributed by atoms with Crippen LogP contribution in [0.2, 0.25) is 0 Å². The van der Waals surface area contributed by atoms with Crippen LogP contribution in [0, 0.1) is 0 Å². The molecule has 3 aromatic rings. The molecule has 0 unspecified atom stereocenters. The highest BCUT2D eigenvalue weighted by atomic mass is 16.6. The molecule has 0 saturated heterocycles. The summed E-state index contributed by atoms with van der Waals surface area (Å²) in [5.41, 5.74) is 3.68. The Bertz CT molecular complexity index is 1490. The Balaban J connectivity index is 1.25. The van der Waals surface area contributed by atoms with Crippen LogP contribution >= 0.6 is 0 Å². The van der Waals surface area contributed by atoms with E-state index >= 15 is 0 Å². The molecule has 1 N–H and O–H groups in total. The number of hydrogen-bond donors (Lipinski definition) is 1. The van der Waals surface area contributed by atoms with Crippen molar-refractivity contribution in [2.75, 3.05) is 13.1 Å². The first-order valence-electron chi connectivity index (χ1n) is 14.5. The van der Waals surface area contributed by atoms with Gasteiger partial charge in [-0.05, 0) is 68.9 Å². The number of carbonyl (C=O) groups is 2. The van der Waals surface area contributed by atoms with Crippen molar-refractivity contribution in [1.82, 2.24) is 24.6 Å². The lowest BCUT2D eigenvalue weighted by Crippen LogP contribution is -2.57. The molecular weight excluding hydrogens is 518 g/mol. The van der Waals surface area contributed by atoms with E-state index in [2.05, 4.69) is 30.0 Å². The number of aliphatic hydroxyl groups excluding tert-OH is 1. The van der Waals surface area contributed by atoms with Crippen molar-refractivity contribution in [2.24, 2.45) is 0 Å². The highest BCUT2D eigenvalue weighted by Gasteiger charge is 2.42. The molecule has 1 aromatic heterocycles. The second-order valence-corrected chi connectivity index (χ2v) is 13.3. The monoisotopic (exact) mass is 557 g/mol. The molecule has 1 saturated carbocycles. The molecule has 0 radical (unpaired) electrons. The predicted molar refractivity (Wildman–Crippen MR) is 154 cm³/mol. The number of benzene rings is 2. The molecule has 9 nitrogen and oxygen atoms in total. The summed E-state index contributed by atoms with van der Waals surface area (Å²) < 4.78 is 7.70. The number of rotatable bonds is 5. The second kappa shape index (κ2) is 9.98. The summed E-state index contributed by atoms with van der Waals surface area (Å²) in [7, 11) is 0.